The van der Waals surface area contributed by atoms with Crippen LogP contribution in [0.1, 0.15) is 16.8 Å². The molecule has 0 fully saturated rings. The zero-order chi connectivity index (χ0) is 17.0. The van der Waals surface area contributed by atoms with Crippen LogP contribution >= 0.6 is 0 Å². The van der Waals surface area contributed by atoms with Crippen molar-refractivity contribution in [3.63, 3.8) is 0 Å². The predicted octanol–water partition coefficient (Wildman–Crippen LogP) is 3.63. The lowest BCUT2D eigenvalue weighted by molar-refractivity contribution is -0.141. The molecule has 0 unspecified atom stereocenters. The largest absolute Gasteiger partial charge is 0.492 e. The number of halogens is 3. The zero-order valence-electron chi connectivity index (χ0n) is 13.2. The van der Waals surface area contributed by atoms with Crippen molar-refractivity contribution in [2.24, 2.45) is 0 Å². The molecule has 1 aromatic carbocycles. The highest BCUT2D eigenvalue weighted by Gasteiger charge is 2.32. The Morgan fingerprint density at radius 3 is 2.22 bits per heavy atom. The fourth-order valence-corrected chi connectivity index (χ4v) is 2.11. The van der Waals surface area contributed by atoms with Crippen LogP contribution < -0.4 is 9.64 Å². The Kier molecular flexibility index (Phi) is 5.08. The van der Waals surface area contributed by atoms with E-state index in [2.05, 4.69) is 16.3 Å². The molecular weight excluding hydrogens is 307 g/mol. The number of rotatable bonds is 5. The number of hydrogen-bond donors (Lipinski definition) is 0. The number of nitrogens with zero attached hydrogens (tertiary/aromatic N) is 3. The number of anilines is 1. The van der Waals surface area contributed by atoms with Crippen LogP contribution in [-0.2, 0) is 6.18 Å². The first-order valence-corrected chi connectivity index (χ1v) is 7.09. The number of aromatic nitrogens is 2. The summed E-state index contributed by atoms with van der Waals surface area (Å²) >= 11 is 0. The molecule has 0 saturated heterocycles. The van der Waals surface area contributed by atoms with Gasteiger partial charge in [-0.1, -0.05) is 6.07 Å². The lowest BCUT2D eigenvalue weighted by Crippen LogP contribution is -2.25. The minimum Gasteiger partial charge on any atom is -0.492 e. The quantitative estimate of drug-likeness (QED) is 0.841. The molecule has 0 atom stereocenters. The van der Waals surface area contributed by atoms with Crippen LogP contribution in [0.4, 0.5) is 19.0 Å². The first kappa shape index (κ1) is 17.1. The molecule has 4 nitrogen and oxygen atoms in total. The summed E-state index contributed by atoms with van der Waals surface area (Å²) in [5, 5.41) is 6.80. The summed E-state index contributed by atoms with van der Waals surface area (Å²) in [6.07, 6.45) is -4.48. The van der Waals surface area contributed by atoms with Crippen molar-refractivity contribution < 1.29 is 17.9 Å². The molecule has 2 rings (SSSR count). The van der Waals surface area contributed by atoms with Crippen molar-refractivity contribution >= 4 is 5.82 Å². The van der Waals surface area contributed by atoms with Crippen LogP contribution in [-0.4, -0.2) is 30.4 Å². The van der Waals surface area contributed by atoms with E-state index in [-0.39, 0.29) is 0 Å². The number of ether oxygens (including phenoxy) is 1. The standard InChI is InChI=1S/C16H18F3N3O/c1-11-8-12(2)10-13(9-11)23-7-6-22(3)15-5-4-14(20-21-15)16(17,18)19/h4-5,8-10H,6-7H2,1-3H3. The van der Waals surface area contributed by atoms with Crippen molar-refractivity contribution in [1.29, 1.82) is 0 Å². The molecule has 1 aromatic heterocycles. The third kappa shape index (κ3) is 4.84. The molecule has 2 aromatic rings. The maximum Gasteiger partial charge on any atom is 0.435 e. The highest BCUT2D eigenvalue weighted by Crippen LogP contribution is 2.27. The summed E-state index contributed by atoms with van der Waals surface area (Å²) < 4.78 is 43.0. The van der Waals surface area contributed by atoms with Gasteiger partial charge >= 0.3 is 6.18 Å². The first-order valence-electron chi connectivity index (χ1n) is 7.09. The Bertz CT molecular complexity index is 636. The number of benzene rings is 1. The summed E-state index contributed by atoms with van der Waals surface area (Å²) in [7, 11) is 1.72. The normalized spacial score (nSPS) is 11.4. The monoisotopic (exact) mass is 325 g/mol. The number of alkyl halides is 3. The second-order valence-electron chi connectivity index (χ2n) is 5.37. The third-order valence-electron chi connectivity index (χ3n) is 3.22. The summed E-state index contributed by atoms with van der Waals surface area (Å²) in [4.78, 5) is 1.69. The highest BCUT2D eigenvalue weighted by atomic mass is 19.4. The van der Waals surface area contributed by atoms with Crippen LogP contribution in [0.3, 0.4) is 0 Å². The molecule has 0 aliphatic heterocycles. The van der Waals surface area contributed by atoms with Gasteiger partial charge in [0.15, 0.2) is 11.5 Å². The van der Waals surface area contributed by atoms with E-state index < -0.39 is 11.9 Å². The summed E-state index contributed by atoms with van der Waals surface area (Å²) in [6, 6.07) is 8.14. The Labute approximate surface area is 132 Å². The topological polar surface area (TPSA) is 38.2 Å². The highest BCUT2D eigenvalue weighted by molar-refractivity contribution is 5.36. The smallest absolute Gasteiger partial charge is 0.435 e. The van der Waals surface area contributed by atoms with Crippen LogP contribution in [0.15, 0.2) is 30.3 Å². The van der Waals surface area contributed by atoms with Crippen LogP contribution in [0.2, 0.25) is 0 Å². The molecule has 0 saturated carbocycles. The first-order chi connectivity index (χ1) is 10.8. The fourth-order valence-electron chi connectivity index (χ4n) is 2.11. The predicted molar refractivity (Wildman–Crippen MR) is 81.7 cm³/mol. The van der Waals surface area contributed by atoms with Gasteiger partial charge in [0.2, 0.25) is 0 Å². The second kappa shape index (κ2) is 6.85. The van der Waals surface area contributed by atoms with Crippen LogP contribution in [0.25, 0.3) is 0 Å². The fraction of sp³-hybridized carbons (Fsp3) is 0.375. The van der Waals surface area contributed by atoms with E-state index in [1.165, 1.54) is 6.07 Å². The van der Waals surface area contributed by atoms with Crippen molar-refractivity contribution in [2.45, 2.75) is 20.0 Å². The Morgan fingerprint density at radius 2 is 1.70 bits per heavy atom. The molecule has 0 spiro atoms. The molecule has 7 heteroatoms. The van der Waals surface area contributed by atoms with Crippen molar-refractivity contribution in [2.75, 3.05) is 25.1 Å². The zero-order valence-corrected chi connectivity index (χ0v) is 13.2. The Hall–Kier alpha value is -2.31. The van der Waals surface area contributed by atoms with Gasteiger partial charge < -0.3 is 9.64 Å². The maximum atomic E-state index is 12.4. The molecule has 0 bridgehead atoms. The average Bonchev–Trinajstić information content (AvgIpc) is 2.45. The van der Waals surface area contributed by atoms with E-state index in [4.69, 9.17) is 4.74 Å². The summed E-state index contributed by atoms with van der Waals surface area (Å²) in [5.74, 6) is 1.14. The van der Waals surface area contributed by atoms with Gasteiger partial charge in [0.1, 0.15) is 12.4 Å². The lowest BCUT2D eigenvalue weighted by Gasteiger charge is -2.18. The number of likely N-dealkylation sites (N-methyl/N-ethyl adjacent to an activating group) is 1. The lowest BCUT2D eigenvalue weighted by atomic mass is 10.1. The molecule has 0 aliphatic carbocycles. The molecule has 0 aliphatic rings. The molecular formula is C16H18F3N3O. The van der Waals surface area contributed by atoms with Gasteiger partial charge in [-0.3, -0.25) is 0 Å². The van der Waals surface area contributed by atoms with Gasteiger partial charge in [0.05, 0.1) is 6.54 Å². The van der Waals surface area contributed by atoms with E-state index in [0.717, 1.165) is 22.9 Å². The van der Waals surface area contributed by atoms with Gasteiger partial charge in [0.25, 0.3) is 0 Å². The van der Waals surface area contributed by atoms with E-state index in [0.29, 0.717) is 19.0 Å². The van der Waals surface area contributed by atoms with Gasteiger partial charge in [-0.15, -0.1) is 10.2 Å². The molecule has 124 valence electrons. The minimum atomic E-state index is -4.48. The maximum absolute atomic E-state index is 12.4. The molecule has 1 heterocycles. The average molecular weight is 325 g/mol. The van der Waals surface area contributed by atoms with E-state index >= 15 is 0 Å². The molecule has 23 heavy (non-hydrogen) atoms. The van der Waals surface area contributed by atoms with Crippen LogP contribution in [0, 0.1) is 13.8 Å². The molecule has 0 amide bonds. The van der Waals surface area contributed by atoms with Crippen molar-refractivity contribution in [3.05, 3.63) is 47.2 Å². The van der Waals surface area contributed by atoms with Gasteiger partial charge in [0, 0.05) is 7.05 Å². The summed E-state index contributed by atoms with van der Waals surface area (Å²) in [5.41, 5.74) is 1.23. The second-order valence-corrected chi connectivity index (χ2v) is 5.37. The summed E-state index contributed by atoms with van der Waals surface area (Å²) in [6.45, 7) is 4.85. The van der Waals surface area contributed by atoms with E-state index in [9.17, 15) is 13.2 Å². The Balaban J connectivity index is 1.90. The number of aryl methyl sites for hydroxylation is 2. The van der Waals surface area contributed by atoms with Gasteiger partial charge in [-0.25, -0.2) is 0 Å². The van der Waals surface area contributed by atoms with Crippen molar-refractivity contribution in [3.8, 4) is 5.75 Å². The van der Waals surface area contributed by atoms with Crippen molar-refractivity contribution in [1.82, 2.24) is 10.2 Å². The molecule has 0 N–H and O–H groups in total. The molecule has 0 radical (unpaired) electrons. The van der Waals surface area contributed by atoms with E-state index in [1.807, 2.05) is 26.0 Å². The third-order valence-corrected chi connectivity index (χ3v) is 3.22. The minimum absolute atomic E-state index is 0.363. The van der Waals surface area contributed by atoms with Gasteiger partial charge in [-0.2, -0.15) is 13.2 Å². The van der Waals surface area contributed by atoms with E-state index in [1.54, 1.807) is 11.9 Å². The number of hydrogen-bond acceptors (Lipinski definition) is 4. The van der Waals surface area contributed by atoms with Gasteiger partial charge in [-0.05, 0) is 49.2 Å². The van der Waals surface area contributed by atoms with Crippen LogP contribution in [0.5, 0.6) is 5.75 Å². The Morgan fingerprint density at radius 1 is 1.04 bits per heavy atom. The SMILES string of the molecule is Cc1cc(C)cc(OCCN(C)c2ccc(C(F)(F)F)nn2)c1.